The Bertz CT molecular complexity index is 1390. The first-order valence-electron chi connectivity index (χ1n) is 10.3. The lowest BCUT2D eigenvalue weighted by Crippen LogP contribution is -2.37. The Morgan fingerprint density at radius 2 is 1.85 bits per heavy atom. The highest BCUT2D eigenvalue weighted by atomic mass is 35.5. The van der Waals surface area contributed by atoms with Crippen molar-refractivity contribution in [1.82, 2.24) is 20.3 Å². The summed E-state index contributed by atoms with van der Waals surface area (Å²) in [7, 11) is 1.56. The predicted octanol–water partition coefficient (Wildman–Crippen LogP) is 4.59. The van der Waals surface area contributed by atoms with Gasteiger partial charge in [-0.25, -0.2) is 0 Å². The van der Waals surface area contributed by atoms with Crippen LogP contribution in [0, 0.1) is 13.8 Å². The number of ether oxygens (including phenoxy) is 2. The number of aromatic nitrogens is 3. The summed E-state index contributed by atoms with van der Waals surface area (Å²) in [5, 5.41) is 15.4. The smallest absolute Gasteiger partial charge is 0.264 e. The summed E-state index contributed by atoms with van der Waals surface area (Å²) < 4.78 is 10.7. The van der Waals surface area contributed by atoms with Crippen LogP contribution in [0.25, 0.3) is 16.7 Å². The van der Waals surface area contributed by atoms with Gasteiger partial charge in [0.2, 0.25) is 0 Å². The molecule has 10 heteroatoms. The number of carbonyl (C=O) groups excluding carboxylic acids is 1. The van der Waals surface area contributed by atoms with Crippen molar-refractivity contribution < 1.29 is 14.3 Å². The molecule has 0 radical (unpaired) electrons. The van der Waals surface area contributed by atoms with Crippen molar-refractivity contribution in [3.63, 3.8) is 0 Å². The molecule has 1 aromatic heterocycles. The average molecular weight is 496 g/mol. The van der Waals surface area contributed by atoms with Gasteiger partial charge in [-0.05, 0) is 79.7 Å². The molecule has 2 N–H and O–H groups in total. The molecule has 0 unspecified atom stereocenters. The van der Waals surface area contributed by atoms with Crippen LogP contribution in [0.4, 0.5) is 5.69 Å². The summed E-state index contributed by atoms with van der Waals surface area (Å²) in [5.74, 6) is 0.834. The first-order valence-corrected chi connectivity index (χ1v) is 11.1. The van der Waals surface area contributed by atoms with Crippen molar-refractivity contribution in [2.75, 3.05) is 19.0 Å². The highest BCUT2D eigenvalue weighted by Gasteiger charge is 2.12. The first-order chi connectivity index (χ1) is 16.3. The van der Waals surface area contributed by atoms with E-state index in [1.807, 2.05) is 50.2 Å². The first kappa shape index (κ1) is 23.5. The minimum absolute atomic E-state index is 0.151. The number of benzene rings is 3. The Kier molecular flexibility index (Phi) is 6.95. The van der Waals surface area contributed by atoms with Crippen LogP contribution < -0.4 is 20.1 Å². The van der Waals surface area contributed by atoms with Crippen LogP contribution >= 0.6 is 23.8 Å². The van der Waals surface area contributed by atoms with Crippen LogP contribution in [0.5, 0.6) is 11.5 Å². The second-order valence-electron chi connectivity index (χ2n) is 7.57. The van der Waals surface area contributed by atoms with E-state index in [0.717, 1.165) is 11.1 Å². The molecule has 0 aliphatic carbocycles. The van der Waals surface area contributed by atoms with Crippen LogP contribution in [0.15, 0.2) is 54.6 Å². The lowest BCUT2D eigenvalue weighted by atomic mass is 10.2. The van der Waals surface area contributed by atoms with Crippen molar-refractivity contribution in [2.45, 2.75) is 13.8 Å². The van der Waals surface area contributed by atoms with Crippen LogP contribution in [0.2, 0.25) is 5.02 Å². The van der Waals surface area contributed by atoms with Crippen LogP contribution in [0.1, 0.15) is 11.1 Å². The molecule has 0 aliphatic heterocycles. The number of rotatable bonds is 6. The average Bonchev–Trinajstić information content (AvgIpc) is 3.20. The molecule has 1 amide bonds. The molecule has 0 atom stereocenters. The summed E-state index contributed by atoms with van der Waals surface area (Å²) >= 11 is 11.5. The predicted molar refractivity (Wildman–Crippen MR) is 136 cm³/mol. The van der Waals surface area contributed by atoms with Crippen molar-refractivity contribution in [3.05, 3.63) is 70.7 Å². The standard InChI is InChI=1S/C24H22ClN5O3S/c1-14-5-4-6-17(9-14)33-13-23(31)27-24(34)26-19-12-21-20(10-15(19)2)28-30(29-21)16-7-8-22(32-3)18(25)11-16/h4-12H,13H2,1-3H3,(H2,26,27,31,34). The van der Waals surface area contributed by atoms with Gasteiger partial charge in [-0.2, -0.15) is 4.80 Å². The number of methoxy groups -OCH3 is 1. The van der Waals surface area contributed by atoms with Crippen LogP contribution in [-0.4, -0.2) is 39.7 Å². The Morgan fingerprint density at radius 1 is 1.09 bits per heavy atom. The zero-order valence-corrected chi connectivity index (χ0v) is 20.3. The van der Waals surface area contributed by atoms with Crippen molar-refractivity contribution in [3.8, 4) is 17.2 Å². The largest absolute Gasteiger partial charge is 0.495 e. The maximum absolute atomic E-state index is 12.2. The van der Waals surface area contributed by atoms with Gasteiger partial charge in [0.1, 0.15) is 22.5 Å². The van der Waals surface area contributed by atoms with E-state index in [1.54, 1.807) is 25.3 Å². The zero-order chi connectivity index (χ0) is 24.2. The van der Waals surface area contributed by atoms with Gasteiger partial charge in [-0.1, -0.05) is 23.7 Å². The molecular formula is C24H22ClN5O3S. The Labute approximate surface area is 206 Å². The van der Waals surface area contributed by atoms with Gasteiger partial charge < -0.3 is 14.8 Å². The summed E-state index contributed by atoms with van der Waals surface area (Å²) in [6, 6.07) is 16.5. The Morgan fingerprint density at radius 3 is 2.56 bits per heavy atom. The minimum atomic E-state index is -0.361. The van der Waals surface area contributed by atoms with Gasteiger partial charge >= 0.3 is 0 Å². The van der Waals surface area contributed by atoms with Crippen molar-refractivity contribution >= 4 is 51.6 Å². The van der Waals surface area contributed by atoms with E-state index in [1.165, 1.54) is 4.80 Å². The minimum Gasteiger partial charge on any atom is -0.495 e. The van der Waals surface area contributed by atoms with E-state index >= 15 is 0 Å². The number of nitrogens with zero attached hydrogens (tertiary/aromatic N) is 3. The molecule has 1 heterocycles. The van der Waals surface area contributed by atoms with Gasteiger partial charge in [0, 0.05) is 5.69 Å². The lowest BCUT2D eigenvalue weighted by molar-refractivity contribution is -0.121. The number of hydrogen-bond acceptors (Lipinski definition) is 6. The van der Waals surface area contributed by atoms with E-state index in [2.05, 4.69) is 20.8 Å². The molecule has 4 rings (SSSR count). The third-order valence-corrected chi connectivity index (χ3v) is 5.45. The SMILES string of the molecule is COc1ccc(-n2nc3cc(C)c(NC(=S)NC(=O)COc4cccc(C)c4)cc3n2)cc1Cl. The van der Waals surface area contributed by atoms with Gasteiger partial charge in [0.05, 0.1) is 17.8 Å². The molecule has 0 bridgehead atoms. The van der Waals surface area contributed by atoms with Gasteiger partial charge in [0.15, 0.2) is 11.7 Å². The molecule has 3 aromatic carbocycles. The third kappa shape index (κ3) is 5.44. The number of amides is 1. The van der Waals surface area contributed by atoms with Crippen LogP contribution in [0.3, 0.4) is 0 Å². The summed E-state index contributed by atoms with van der Waals surface area (Å²) in [6.45, 7) is 3.72. The fourth-order valence-electron chi connectivity index (χ4n) is 3.27. The highest BCUT2D eigenvalue weighted by molar-refractivity contribution is 7.80. The maximum Gasteiger partial charge on any atom is 0.264 e. The molecule has 0 saturated heterocycles. The second-order valence-corrected chi connectivity index (χ2v) is 8.39. The molecule has 34 heavy (non-hydrogen) atoms. The van der Waals surface area contributed by atoms with E-state index in [-0.39, 0.29) is 17.6 Å². The fraction of sp³-hybridized carbons (Fsp3) is 0.167. The summed E-state index contributed by atoms with van der Waals surface area (Å²) in [4.78, 5) is 13.7. The van der Waals surface area contributed by atoms with E-state index < -0.39 is 0 Å². The normalized spacial score (nSPS) is 10.7. The number of carbonyl (C=O) groups is 1. The number of thiocarbonyl (C=S) groups is 1. The number of aryl methyl sites for hydroxylation is 2. The Hall–Kier alpha value is -3.69. The summed E-state index contributed by atoms with van der Waals surface area (Å²) in [6.07, 6.45) is 0. The lowest BCUT2D eigenvalue weighted by Gasteiger charge is -2.12. The van der Waals surface area contributed by atoms with Crippen molar-refractivity contribution in [2.24, 2.45) is 0 Å². The zero-order valence-electron chi connectivity index (χ0n) is 18.8. The fourth-order valence-corrected chi connectivity index (χ4v) is 3.74. The monoisotopic (exact) mass is 495 g/mol. The number of fused-ring (bicyclic) bond motifs is 1. The van der Waals surface area contributed by atoms with E-state index in [4.69, 9.17) is 33.3 Å². The third-order valence-electron chi connectivity index (χ3n) is 4.95. The molecule has 8 nitrogen and oxygen atoms in total. The molecule has 0 spiro atoms. The van der Waals surface area contributed by atoms with Gasteiger partial charge in [-0.3, -0.25) is 10.1 Å². The molecule has 174 valence electrons. The van der Waals surface area contributed by atoms with Crippen molar-refractivity contribution in [1.29, 1.82) is 0 Å². The summed E-state index contributed by atoms with van der Waals surface area (Å²) in [5.41, 5.74) is 4.70. The number of hydrogen-bond donors (Lipinski definition) is 2. The van der Waals surface area contributed by atoms with Crippen LogP contribution in [-0.2, 0) is 4.79 Å². The molecule has 0 aliphatic rings. The number of anilines is 1. The second kappa shape index (κ2) is 10.1. The number of halogens is 1. The molecule has 4 aromatic rings. The molecule has 0 fully saturated rings. The van der Waals surface area contributed by atoms with Gasteiger partial charge in [0.25, 0.3) is 5.91 Å². The maximum atomic E-state index is 12.2. The molecular weight excluding hydrogens is 474 g/mol. The quantitative estimate of drug-likeness (QED) is 0.378. The topological polar surface area (TPSA) is 90.3 Å². The Balaban J connectivity index is 1.43. The van der Waals surface area contributed by atoms with Gasteiger partial charge in [-0.15, -0.1) is 10.2 Å². The highest BCUT2D eigenvalue weighted by Crippen LogP contribution is 2.27. The number of nitrogens with one attached hydrogen (secondary N) is 2. The van der Waals surface area contributed by atoms with E-state index in [9.17, 15) is 4.79 Å². The molecule has 0 saturated carbocycles. The van der Waals surface area contributed by atoms with E-state index in [0.29, 0.717) is 38.9 Å².